The summed E-state index contributed by atoms with van der Waals surface area (Å²) in [5, 5.41) is 9.81. The van der Waals surface area contributed by atoms with Crippen LogP contribution in [0.4, 0.5) is 0 Å². The highest BCUT2D eigenvalue weighted by molar-refractivity contribution is 5.15. The molecule has 1 unspecified atom stereocenters. The Balaban J connectivity index is 2.05. The van der Waals surface area contributed by atoms with Gasteiger partial charge in [0, 0.05) is 6.07 Å². The minimum Gasteiger partial charge on any atom is -0.481 e. The third-order valence-corrected chi connectivity index (χ3v) is 2.47. The first-order chi connectivity index (χ1) is 6.79. The molecule has 0 bridgehead atoms. The molecule has 0 aromatic carbocycles. The molecule has 1 aliphatic rings. The summed E-state index contributed by atoms with van der Waals surface area (Å²) in [6, 6.07) is 1.69. The van der Waals surface area contributed by atoms with Crippen LogP contribution in [0.5, 0.6) is 5.88 Å². The molecule has 0 spiro atoms. The van der Waals surface area contributed by atoms with Gasteiger partial charge in [0.25, 0.3) is 0 Å². The number of aliphatic hydroxyl groups is 1. The van der Waals surface area contributed by atoms with Crippen molar-refractivity contribution < 1.29 is 9.84 Å². The molecule has 1 saturated carbocycles. The molecule has 4 nitrogen and oxygen atoms in total. The van der Waals surface area contributed by atoms with Crippen molar-refractivity contribution in [1.29, 1.82) is 0 Å². The van der Waals surface area contributed by atoms with Crippen molar-refractivity contribution >= 4 is 0 Å². The van der Waals surface area contributed by atoms with E-state index in [1.165, 1.54) is 19.2 Å². The highest BCUT2D eigenvalue weighted by Gasteiger charge is 2.25. The van der Waals surface area contributed by atoms with Crippen molar-refractivity contribution in [2.24, 2.45) is 5.92 Å². The first kappa shape index (κ1) is 9.40. The molecular formula is C10H14N2O2. The Morgan fingerprint density at radius 3 is 3.00 bits per heavy atom. The molecule has 0 aliphatic heterocycles. The Bertz CT molecular complexity index is 313. The van der Waals surface area contributed by atoms with Crippen LogP contribution in [0.15, 0.2) is 12.4 Å². The van der Waals surface area contributed by atoms with Crippen LogP contribution in [-0.4, -0.2) is 22.2 Å². The van der Waals surface area contributed by atoms with E-state index in [-0.39, 0.29) is 0 Å². The normalized spacial score (nSPS) is 17.9. The molecule has 1 fully saturated rings. The average molecular weight is 194 g/mol. The summed E-state index contributed by atoms with van der Waals surface area (Å²) in [5.41, 5.74) is 0.656. The number of ether oxygens (including phenoxy) is 1. The van der Waals surface area contributed by atoms with E-state index in [1.54, 1.807) is 13.2 Å². The third-order valence-electron chi connectivity index (χ3n) is 2.47. The van der Waals surface area contributed by atoms with Gasteiger partial charge < -0.3 is 9.84 Å². The van der Waals surface area contributed by atoms with Crippen molar-refractivity contribution in [3.63, 3.8) is 0 Å². The summed E-state index contributed by atoms with van der Waals surface area (Å²) in [4.78, 5) is 7.92. The summed E-state index contributed by atoms with van der Waals surface area (Å²) >= 11 is 0. The van der Waals surface area contributed by atoms with Crippen molar-refractivity contribution in [2.45, 2.75) is 25.4 Å². The number of aliphatic hydroxyl groups excluding tert-OH is 1. The van der Waals surface area contributed by atoms with Gasteiger partial charge in [-0.25, -0.2) is 9.97 Å². The fraction of sp³-hybridized carbons (Fsp3) is 0.600. The Hall–Kier alpha value is -1.16. The minimum absolute atomic E-state index is 0.473. The van der Waals surface area contributed by atoms with Crippen molar-refractivity contribution in [2.75, 3.05) is 7.11 Å². The van der Waals surface area contributed by atoms with Gasteiger partial charge in [-0.1, -0.05) is 12.8 Å². The largest absolute Gasteiger partial charge is 0.481 e. The van der Waals surface area contributed by atoms with E-state index in [0.717, 1.165) is 6.42 Å². The molecule has 1 N–H and O–H groups in total. The van der Waals surface area contributed by atoms with Gasteiger partial charge in [-0.3, -0.25) is 0 Å². The molecule has 1 heterocycles. The molecule has 76 valence electrons. The lowest BCUT2D eigenvalue weighted by Crippen LogP contribution is -2.02. The molecule has 1 aromatic heterocycles. The lowest BCUT2D eigenvalue weighted by molar-refractivity contribution is 0.155. The molecule has 14 heavy (non-hydrogen) atoms. The standard InChI is InChI=1S/C10H14N2O2/c1-14-10-5-8(11-6-12-10)9(13)4-7-2-3-7/h5-7,9,13H,2-4H2,1H3. The van der Waals surface area contributed by atoms with Crippen LogP contribution in [0.2, 0.25) is 0 Å². The minimum atomic E-state index is -0.473. The van der Waals surface area contributed by atoms with Gasteiger partial charge >= 0.3 is 0 Å². The summed E-state index contributed by atoms with van der Waals surface area (Å²) in [5.74, 6) is 1.19. The molecule has 4 heteroatoms. The smallest absolute Gasteiger partial charge is 0.216 e. The monoisotopic (exact) mass is 194 g/mol. The van der Waals surface area contributed by atoms with Gasteiger partial charge in [-0.05, 0) is 12.3 Å². The molecule has 1 aliphatic carbocycles. The van der Waals surface area contributed by atoms with Gasteiger partial charge in [0.15, 0.2) is 0 Å². The molecule has 0 saturated heterocycles. The number of aromatic nitrogens is 2. The second-order valence-corrected chi connectivity index (χ2v) is 3.68. The van der Waals surface area contributed by atoms with Crippen LogP contribution in [0.25, 0.3) is 0 Å². The predicted octanol–water partition coefficient (Wildman–Crippen LogP) is 1.32. The Morgan fingerprint density at radius 2 is 2.36 bits per heavy atom. The maximum Gasteiger partial charge on any atom is 0.216 e. The fourth-order valence-electron chi connectivity index (χ4n) is 1.44. The second kappa shape index (κ2) is 3.92. The van der Waals surface area contributed by atoms with Crippen molar-refractivity contribution in [3.05, 3.63) is 18.1 Å². The predicted molar refractivity (Wildman–Crippen MR) is 50.9 cm³/mol. The fourth-order valence-corrected chi connectivity index (χ4v) is 1.44. The quantitative estimate of drug-likeness (QED) is 0.785. The van der Waals surface area contributed by atoms with E-state index in [0.29, 0.717) is 17.5 Å². The number of rotatable bonds is 4. The van der Waals surface area contributed by atoms with Crippen molar-refractivity contribution in [1.82, 2.24) is 9.97 Å². The molecule has 0 radical (unpaired) electrons. The number of hydrogen-bond acceptors (Lipinski definition) is 4. The lowest BCUT2D eigenvalue weighted by atomic mass is 10.1. The Kier molecular flexibility index (Phi) is 2.63. The summed E-state index contributed by atoms with van der Waals surface area (Å²) in [6.45, 7) is 0. The zero-order valence-electron chi connectivity index (χ0n) is 8.18. The van der Waals surface area contributed by atoms with E-state index in [4.69, 9.17) is 4.74 Å². The average Bonchev–Trinajstić information content (AvgIpc) is 3.02. The Morgan fingerprint density at radius 1 is 1.57 bits per heavy atom. The van der Waals surface area contributed by atoms with Gasteiger partial charge in [-0.2, -0.15) is 0 Å². The summed E-state index contributed by atoms with van der Waals surface area (Å²) in [6.07, 6.45) is 4.22. The molecular weight excluding hydrogens is 180 g/mol. The van der Waals surface area contributed by atoms with Crippen LogP contribution >= 0.6 is 0 Å². The van der Waals surface area contributed by atoms with Gasteiger partial charge in [-0.15, -0.1) is 0 Å². The number of nitrogens with zero attached hydrogens (tertiary/aromatic N) is 2. The van der Waals surface area contributed by atoms with Crippen LogP contribution in [0.1, 0.15) is 31.1 Å². The van der Waals surface area contributed by atoms with Gasteiger partial charge in [0.05, 0.1) is 18.9 Å². The topological polar surface area (TPSA) is 55.2 Å². The van der Waals surface area contributed by atoms with Crippen LogP contribution in [0.3, 0.4) is 0 Å². The number of hydrogen-bond donors (Lipinski definition) is 1. The zero-order valence-corrected chi connectivity index (χ0v) is 8.18. The molecule has 1 atom stereocenters. The van der Waals surface area contributed by atoms with Gasteiger partial charge in [0.1, 0.15) is 6.33 Å². The van der Waals surface area contributed by atoms with Crippen molar-refractivity contribution in [3.8, 4) is 5.88 Å². The zero-order chi connectivity index (χ0) is 9.97. The number of methoxy groups -OCH3 is 1. The van der Waals surface area contributed by atoms with E-state index in [9.17, 15) is 5.11 Å². The summed E-state index contributed by atoms with van der Waals surface area (Å²) < 4.78 is 4.96. The first-order valence-electron chi connectivity index (χ1n) is 4.83. The lowest BCUT2D eigenvalue weighted by Gasteiger charge is -2.09. The van der Waals surface area contributed by atoms with E-state index in [1.807, 2.05) is 0 Å². The molecule has 0 amide bonds. The highest BCUT2D eigenvalue weighted by Crippen LogP contribution is 2.37. The third kappa shape index (κ3) is 2.20. The van der Waals surface area contributed by atoms with Crippen LogP contribution in [-0.2, 0) is 0 Å². The van der Waals surface area contributed by atoms with E-state index in [2.05, 4.69) is 9.97 Å². The van der Waals surface area contributed by atoms with Crippen LogP contribution in [0, 0.1) is 5.92 Å². The SMILES string of the molecule is COc1cc(C(O)CC2CC2)ncn1. The maximum atomic E-state index is 9.81. The van der Waals surface area contributed by atoms with Crippen LogP contribution < -0.4 is 4.74 Å². The summed E-state index contributed by atoms with van der Waals surface area (Å²) in [7, 11) is 1.55. The molecule has 1 aromatic rings. The first-order valence-corrected chi connectivity index (χ1v) is 4.83. The molecule has 2 rings (SSSR count). The highest BCUT2D eigenvalue weighted by atomic mass is 16.5. The maximum absolute atomic E-state index is 9.81. The van der Waals surface area contributed by atoms with E-state index >= 15 is 0 Å². The van der Waals surface area contributed by atoms with E-state index < -0.39 is 6.10 Å². The second-order valence-electron chi connectivity index (χ2n) is 3.68. The van der Waals surface area contributed by atoms with Gasteiger partial charge in [0.2, 0.25) is 5.88 Å². The Labute approximate surface area is 83.0 Å².